The van der Waals surface area contributed by atoms with E-state index in [-0.39, 0.29) is 0 Å². The third-order valence-electron chi connectivity index (χ3n) is 12.2. The Morgan fingerprint density at radius 1 is 0.311 bits per heavy atom. The Morgan fingerprint density at radius 3 is 1.51 bits per heavy atom. The summed E-state index contributed by atoms with van der Waals surface area (Å²) >= 11 is 1.86. The Hall–Kier alpha value is -7.72. The number of para-hydroxylation sites is 1. The number of aromatic nitrogens is 1. The molecule has 0 fully saturated rings. The maximum atomic E-state index is 2.44. The Bertz CT molecular complexity index is 3550. The molecule has 10 aromatic carbocycles. The van der Waals surface area contributed by atoms with E-state index in [1.54, 1.807) is 0 Å². The van der Waals surface area contributed by atoms with Gasteiger partial charge in [0.05, 0.1) is 11.0 Å². The molecule has 0 radical (unpaired) electrons. The predicted molar refractivity (Wildman–Crippen MR) is 262 cm³/mol. The third kappa shape index (κ3) is 6.09. The largest absolute Gasteiger partial charge is 0.310 e. The first kappa shape index (κ1) is 35.2. The van der Waals surface area contributed by atoms with Gasteiger partial charge in [0.25, 0.3) is 0 Å². The number of nitrogens with zero attached hydrogens (tertiary/aromatic N) is 2. The van der Waals surface area contributed by atoms with Crippen molar-refractivity contribution in [1.82, 2.24) is 4.57 Å². The van der Waals surface area contributed by atoms with Gasteiger partial charge in [0.15, 0.2) is 0 Å². The number of rotatable bonds is 7. The minimum absolute atomic E-state index is 1.10. The second kappa shape index (κ2) is 14.5. The molecule has 3 heteroatoms. The van der Waals surface area contributed by atoms with Gasteiger partial charge in [-0.2, -0.15) is 0 Å². The van der Waals surface area contributed by atoms with Crippen LogP contribution in [0.2, 0.25) is 0 Å². The second-order valence-electron chi connectivity index (χ2n) is 15.7. The molecule has 0 spiro atoms. The van der Waals surface area contributed by atoms with Crippen LogP contribution in [0.25, 0.3) is 91.8 Å². The SMILES string of the molecule is c1ccc(-c2ccc(N(c3ccc(-c4ccc5c6ccc7ccccc7c6n(-c6ccccc6)c5c4)cc3)c3ccc4sc5ccc(-c6ccccc6)cc5c4c3)cc2)cc1. The van der Waals surface area contributed by atoms with Crippen LogP contribution >= 0.6 is 11.3 Å². The normalized spacial score (nSPS) is 11.6. The second-order valence-corrected chi connectivity index (χ2v) is 16.8. The Kier molecular flexibility index (Phi) is 8.39. The molecule has 2 nitrogen and oxygen atoms in total. The average Bonchev–Trinajstić information content (AvgIpc) is 3.88. The first-order valence-corrected chi connectivity index (χ1v) is 21.6. The number of thiophene rings is 1. The molecule has 0 amide bonds. The molecule has 286 valence electrons. The lowest BCUT2D eigenvalue weighted by Crippen LogP contribution is -2.09. The van der Waals surface area contributed by atoms with E-state index in [4.69, 9.17) is 0 Å². The van der Waals surface area contributed by atoms with Gasteiger partial charge in [0, 0.05) is 59.1 Å². The van der Waals surface area contributed by atoms with Gasteiger partial charge in [-0.25, -0.2) is 0 Å². The first-order chi connectivity index (χ1) is 30.2. The van der Waals surface area contributed by atoms with Gasteiger partial charge in [-0.15, -0.1) is 11.3 Å². The monoisotopic (exact) mass is 794 g/mol. The molecule has 2 heterocycles. The number of hydrogen-bond donors (Lipinski definition) is 0. The fourth-order valence-electron chi connectivity index (χ4n) is 9.20. The summed E-state index contributed by atoms with van der Waals surface area (Å²) in [5, 5.41) is 7.57. The molecule has 0 aliphatic carbocycles. The molecular weight excluding hydrogens is 757 g/mol. The lowest BCUT2D eigenvalue weighted by Gasteiger charge is -2.26. The molecule has 0 bridgehead atoms. The summed E-state index contributed by atoms with van der Waals surface area (Å²) in [7, 11) is 0. The standard InChI is InChI=1S/C58H38N2S/c1-4-12-39(13-5-1)41-20-27-47(28-21-41)59(49-31-35-57-54(38-49)53-36-44(26-34-56(53)61-57)40-14-6-2-7-15-40)48-29-22-42(23-30-48)45-25-32-51-52-33-24-43-16-10-11-19-50(43)58(52)60(55(51)37-45)46-17-8-3-9-18-46/h1-38H. The van der Waals surface area contributed by atoms with Crippen LogP contribution in [0.15, 0.2) is 231 Å². The van der Waals surface area contributed by atoms with Crippen molar-refractivity contribution in [3.63, 3.8) is 0 Å². The highest BCUT2D eigenvalue weighted by Crippen LogP contribution is 2.43. The Balaban J connectivity index is 0.986. The summed E-state index contributed by atoms with van der Waals surface area (Å²) in [6, 6.07) is 84.1. The van der Waals surface area contributed by atoms with Gasteiger partial charge in [-0.1, -0.05) is 158 Å². The van der Waals surface area contributed by atoms with E-state index in [1.165, 1.54) is 86.1 Å². The van der Waals surface area contributed by atoms with Crippen molar-refractivity contribution >= 4 is 81.1 Å². The number of anilines is 3. The van der Waals surface area contributed by atoms with E-state index in [0.29, 0.717) is 0 Å². The highest BCUT2D eigenvalue weighted by Gasteiger charge is 2.18. The van der Waals surface area contributed by atoms with E-state index < -0.39 is 0 Å². The molecule has 0 aliphatic rings. The van der Waals surface area contributed by atoms with Crippen molar-refractivity contribution in [2.24, 2.45) is 0 Å². The molecular formula is C58H38N2S. The predicted octanol–water partition coefficient (Wildman–Crippen LogP) is 16.8. The molecule has 0 unspecified atom stereocenters. The summed E-state index contributed by atoms with van der Waals surface area (Å²) in [6.07, 6.45) is 0. The quantitative estimate of drug-likeness (QED) is 0.156. The molecule has 0 saturated carbocycles. The number of fused-ring (bicyclic) bond motifs is 8. The van der Waals surface area contributed by atoms with Crippen molar-refractivity contribution in [2.45, 2.75) is 0 Å². The van der Waals surface area contributed by atoms with Crippen LogP contribution < -0.4 is 4.90 Å². The molecule has 0 saturated heterocycles. The molecule has 0 N–H and O–H groups in total. The highest BCUT2D eigenvalue weighted by molar-refractivity contribution is 7.25. The Labute approximate surface area is 358 Å². The van der Waals surface area contributed by atoms with Gasteiger partial charge < -0.3 is 9.47 Å². The van der Waals surface area contributed by atoms with Crippen LogP contribution in [-0.2, 0) is 0 Å². The van der Waals surface area contributed by atoms with Crippen molar-refractivity contribution in [3.05, 3.63) is 231 Å². The van der Waals surface area contributed by atoms with E-state index in [9.17, 15) is 0 Å². The molecule has 12 rings (SSSR count). The fraction of sp³-hybridized carbons (Fsp3) is 0. The zero-order valence-corrected chi connectivity index (χ0v) is 34.1. The van der Waals surface area contributed by atoms with Gasteiger partial charge >= 0.3 is 0 Å². The lowest BCUT2D eigenvalue weighted by atomic mass is 10.0. The smallest absolute Gasteiger partial charge is 0.0619 e. The summed E-state index contributed by atoms with van der Waals surface area (Å²) in [6.45, 7) is 0. The van der Waals surface area contributed by atoms with Crippen LogP contribution in [0, 0.1) is 0 Å². The van der Waals surface area contributed by atoms with Gasteiger partial charge in [-0.05, 0) is 112 Å². The van der Waals surface area contributed by atoms with E-state index in [2.05, 4.69) is 240 Å². The molecule has 12 aromatic rings. The minimum Gasteiger partial charge on any atom is -0.310 e. The maximum Gasteiger partial charge on any atom is 0.0619 e. The summed E-state index contributed by atoms with van der Waals surface area (Å²) < 4.78 is 5.03. The number of hydrogen-bond acceptors (Lipinski definition) is 2. The third-order valence-corrected chi connectivity index (χ3v) is 13.3. The maximum absolute atomic E-state index is 2.44. The van der Waals surface area contributed by atoms with Crippen LogP contribution in [0.5, 0.6) is 0 Å². The topological polar surface area (TPSA) is 8.17 Å². The fourth-order valence-corrected chi connectivity index (χ4v) is 10.3. The van der Waals surface area contributed by atoms with Crippen LogP contribution in [-0.4, -0.2) is 4.57 Å². The Morgan fingerprint density at radius 2 is 0.803 bits per heavy atom. The van der Waals surface area contributed by atoms with Crippen LogP contribution in [0.1, 0.15) is 0 Å². The van der Waals surface area contributed by atoms with Crippen molar-refractivity contribution in [2.75, 3.05) is 4.90 Å². The minimum atomic E-state index is 1.10. The van der Waals surface area contributed by atoms with Gasteiger partial charge in [0.1, 0.15) is 0 Å². The molecule has 0 atom stereocenters. The van der Waals surface area contributed by atoms with Crippen LogP contribution in [0.3, 0.4) is 0 Å². The van der Waals surface area contributed by atoms with Gasteiger partial charge in [-0.3, -0.25) is 0 Å². The van der Waals surface area contributed by atoms with Crippen molar-refractivity contribution in [3.8, 4) is 39.1 Å². The van der Waals surface area contributed by atoms with E-state index in [1.807, 2.05) is 11.3 Å². The van der Waals surface area contributed by atoms with Crippen LogP contribution in [0.4, 0.5) is 17.1 Å². The number of benzene rings is 10. The van der Waals surface area contributed by atoms with E-state index in [0.717, 1.165) is 22.7 Å². The summed E-state index contributed by atoms with van der Waals surface area (Å²) in [5.74, 6) is 0. The molecule has 61 heavy (non-hydrogen) atoms. The van der Waals surface area contributed by atoms with Gasteiger partial charge in [0.2, 0.25) is 0 Å². The van der Waals surface area contributed by atoms with Crippen molar-refractivity contribution < 1.29 is 0 Å². The van der Waals surface area contributed by atoms with Crippen molar-refractivity contribution in [1.29, 1.82) is 0 Å². The average molecular weight is 795 g/mol. The lowest BCUT2D eigenvalue weighted by molar-refractivity contribution is 1.19. The summed E-state index contributed by atoms with van der Waals surface area (Å²) in [4.78, 5) is 2.39. The zero-order valence-electron chi connectivity index (χ0n) is 33.2. The zero-order chi connectivity index (χ0) is 40.3. The molecule has 0 aliphatic heterocycles. The summed E-state index contributed by atoms with van der Waals surface area (Å²) in [5.41, 5.74) is 14.2. The first-order valence-electron chi connectivity index (χ1n) is 20.8. The van der Waals surface area contributed by atoms with E-state index >= 15 is 0 Å². The molecule has 2 aromatic heterocycles. The highest BCUT2D eigenvalue weighted by atomic mass is 32.1.